The third kappa shape index (κ3) is 2.65. The van der Waals surface area contributed by atoms with Gasteiger partial charge in [-0.25, -0.2) is 2.78 Å². The second-order valence-electron chi connectivity index (χ2n) is 4.82. The van der Waals surface area contributed by atoms with Crippen molar-refractivity contribution in [2.24, 2.45) is 0 Å². The Bertz CT molecular complexity index is 843. The van der Waals surface area contributed by atoms with Gasteiger partial charge in [-0.2, -0.15) is 0 Å². The third-order valence-electron chi connectivity index (χ3n) is 3.47. The minimum absolute atomic E-state index is 0.00772. The van der Waals surface area contributed by atoms with Crippen molar-refractivity contribution in [1.29, 1.82) is 0 Å². The molecule has 0 unspecified atom stereocenters. The van der Waals surface area contributed by atoms with Gasteiger partial charge in [0.15, 0.2) is 0 Å². The van der Waals surface area contributed by atoms with E-state index in [4.69, 9.17) is 0 Å². The minimum atomic E-state index is -0.00772. The van der Waals surface area contributed by atoms with E-state index in [1.54, 1.807) is 15.2 Å². The number of nitrogens with zero attached hydrogens (tertiary/aromatic N) is 2. The molecule has 3 aromatic rings. The number of rotatable bonds is 3. The van der Waals surface area contributed by atoms with E-state index in [0.29, 0.717) is 6.54 Å². The molecule has 4 nitrogen and oxygen atoms in total. The van der Waals surface area contributed by atoms with Gasteiger partial charge in [-0.05, 0) is 18.6 Å². The molecule has 0 fully saturated rings. The van der Waals surface area contributed by atoms with Crippen molar-refractivity contribution in [2.45, 2.75) is 13.5 Å². The molecule has 0 aliphatic rings. The first-order valence-electron chi connectivity index (χ1n) is 6.62. The lowest BCUT2D eigenvalue weighted by Gasteiger charge is -2.14. The highest BCUT2D eigenvalue weighted by molar-refractivity contribution is 14.1. The summed E-state index contributed by atoms with van der Waals surface area (Å²) in [6, 6.07) is 12.1. The number of aromatic nitrogens is 2. The van der Waals surface area contributed by atoms with E-state index >= 15 is 0 Å². The van der Waals surface area contributed by atoms with E-state index in [1.807, 2.05) is 54.1 Å². The van der Waals surface area contributed by atoms with E-state index in [9.17, 15) is 4.79 Å². The van der Waals surface area contributed by atoms with Gasteiger partial charge in [0.25, 0.3) is 5.56 Å². The predicted molar refractivity (Wildman–Crippen MR) is 93.9 cm³/mol. The molecule has 5 heteroatoms. The summed E-state index contributed by atoms with van der Waals surface area (Å²) in [7, 11) is 0. The highest BCUT2D eigenvalue weighted by atomic mass is 127. The number of halogens is 1. The van der Waals surface area contributed by atoms with Crippen LogP contribution in [0.5, 0.6) is 0 Å². The maximum atomic E-state index is 12.3. The Labute approximate surface area is 136 Å². The Morgan fingerprint density at radius 1 is 1.24 bits per heavy atom. The van der Waals surface area contributed by atoms with Crippen LogP contribution in [0.25, 0.3) is 10.9 Å². The molecule has 0 saturated heterocycles. The number of nitrogens with one attached hydrogen (secondary N) is 1. The second kappa shape index (κ2) is 5.85. The summed E-state index contributed by atoms with van der Waals surface area (Å²) in [6.07, 6.45) is 3.47. The summed E-state index contributed by atoms with van der Waals surface area (Å²) >= 11 is 2.02. The van der Waals surface area contributed by atoms with Gasteiger partial charge >= 0.3 is 0 Å². The first kappa shape index (κ1) is 14.1. The van der Waals surface area contributed by atoms with Crippen LogP contribution in [0.2, 0.25) is 0 Å². The van der Waals surface area contributed by atoms with Gasteiger partial charge in [0.2, 0.25) is 0 Å². The number of pyridine rings is 2. The van der Waals surface area contributed by atoms with Gasteiger partial charge in [-0.15, -0.1) is 0 Å². The van der Waals surface area contributed by atoms with E-state index in [0.717, 1.165) is 22.2 Å². The third-order valence-corrected chi connectivity index (χ3v) is 4.43. The number of hydrogen-bond acceptors (Lipinski definition) is 3. The van der Waals surface area contributed by atoms with Crippen molar-refractivity contribution in [1.82, 2.24) is 7.76 Å². The van der Waals surface area contributed by atoms with Crippen LogP contribution in [-0.4, -0.2) is 7.76 Å². The van der Waals surface area contributed by atoms with Gasteiger partial charge in [0.1, 0.15) is 0 Å². The summed E-state index contributed by atoms with van der Waals surface area (Å²) < 4.78 is 1.61. The lowest BCUT2D eigenvalue weighted by molar-refractivity contribution is 1.12. The number of fused-ring (bicyclic) bond motifs is 1. The first-order valence-corrected chi connectivity index (χ1v) is 7.58. The zero-order chi connectivity index (χ0) is 14.8. The summed E-state index contributed by atoms with van der Waals surface area (Å²) in [5.41, 5.74) is 3.60. The average Bonchev–Trinajstić information content (AvgIpc) is 2.54. The largest absolute Gasteiger partial charge is 0.380 e. The number of anilines is 1. The molecule has 1 aromatic carbocycles. The molecule has 0 atom stereocenters. The van der Waals surface area contributed by atoms with Gasteiger partial charge in [0.05, 0.1) is 40.3 Å². The molecule has 0 bridgehead atoms. The summed E-state index contributed by atoms with van der Waals surface area (Å²) in [6.45, 7) is 2.54. The van der Waals surface area contributed by atoms with Crippen molar-refractivity contribution >= 4 is 39.5 Å². The SMILES string of the molecule is Cc1c(NCc2ccccc2)c2ccncc2n(I)c1=O. The predicted octanol–water partition coefficient (Wildman–Crippen LogP) is 3.52. The molecule has 0 radical (unpaired) electrons. The molecule has 0 saturated carbocycles. The van der Waals surface area contributed by atoms with Crippen LogP contribution >= 0.6 is 22.9 Å². The maximum Gasteiger partial charge on any atom is 0.264 e. The molecule has 1 N–H and O–H groups in total. The van der Waals surface area contributed by atoms with Crippen molar-refractivity contribution in [3.63, 3.8) is 0 Å². The Kier molecular flexibility index (Phi) is 3.92. The van der Waals surface area contributed by atoms with Crippen molar-refractivity contribution < 1.29 is 0 Å². The van der Waals surface area contributed by atoms with Crippen LogP contribution in [0.15, 0.2) is 53.6 Å². The Balaban J connectivity index is 2.08. The standard InChI is InChI=1S/C16H14IN3O/c1-11-15(19-9-12-5-3-2-4-6-12)13-7-8-18-10-14(13)20(17)16(11)21/h2-8,10,19H,9H2,1H3. The highest BCUT2D eigenvalue weighted by Gasteiger charge is 2.12. The molecule has 3 rings (SSSR count). The molecule has 0 spiro atoms. The molecule has 0 amide bonds. The van der Waals surface area contributed by atoms with E-state index in [1.165, 1.54) is 5.56 Å². The normalized spacial score (nSPS) is 10.8. The van der Waals surface area contributed by atoms with Crippen LogP contribution in [0.4, 0.5) is 5.69 Å². The van der Waals surface area contributed by atoms with Crippen molar-refractivity contribution in [3.8, 4) is 0 Å². The smallest absolute Gasteiger partial charge is 0.264 e. The first-order chi connectivity index (χ1) is 10.2. The number of benzene rings is 1. The fraction of sp³-hybridized carbons (Fsp3) is 0.125. The quantitative estimate of drug-likeness (QED) is 0.696. The summed E-state index contributed by atoms with van der Waals surface area (Å²) in [5.74, 6) is 0. The molecular weight excluding hydrogens is 377 g/mol. The molecule has 106 valence electrons. The van der Waals surface area contributed by atoms with Crippen LogP contribution in [0, 0.1) is 6.92 Å². The zero-order valence-corrected chi connectivity index (χ0v) is 13.7. The molecular formula is C16H14IN3O. The second-order valence-corrected chi connectivity index (χ2v) is 5.78. The van der Waals surface area contributed by atoms with Crippen LogP contribution in [0.1, 0.15) is 11.1 Å². The molecule has 21 heavy (non-hydrogen) atoms. The van der Waals surface area contributed by atoms with E-state index in [-0.39, 0.29) is 5.56 Å². The summed E-state index contributed by atoms with van der Waals surface area (Å²) in [5, 5.41) is 4.40. The minimum Gasteiger partial charge on any atom is -0.380 e. The van der Waals surface area contributed by atoms with Crippen LogP contribution < -0.4 is 10.9 Å². The Hall–Kier alpha value is -1.89. The number of hydrogen-bond donors (Lipinski definition) is 1. The molecule has 0 aliphatic heterocycles. The average molecular weight is 391 g/mol. The van der Waals surface area contributed by atoms with Crippen LogP contribution in [0.3, 0.4) is 0 Å². The van der Waals surface area contributed by atoms with E-state index < -0.39 is 0 Å². The summed E-state index contributed by atoms with van der Waals surface area (Å²) in [4.78, 5) is 16.4. The zero-order valence-electron chi connectivity index (χ0n) is 11.5. The molecule has 2 heterocycles. The molecule has 0 aliphatic carbocycles. The van der Waals surface area contributed by atoms with Crippen molar-refractivity contribution in [3.05, 3.63) is 70.3 Å². The lowest BCUT2D eigenvalue weighted by Crippen LogP contribution is -2.18. The lowest BCUT2D eigenvalue weighted by atomic mass is 10.1. The molecule has 2 aromatic heterocycles. The van der Waals surface area contributed by atoms with Gasteiger partial charge in [0, 0.05) is 23.7 Å². The van der Waals surface area contributed by atoms with Gasteiger partial charge in [-0.3, -0.25) is 9.78 Å². The Morgan fingerprint density at radius 2 is 2.00 bits per heavy atom. The fourth-order valence-electron chi connectivity index (χ4n) is 2.33. The fourth-order valence-corrected chi connectivity index (χ4v) is 3.08. The van der Waals surface area contributed by atoms with Crippen LogP contribution in [-0.2, 0) is 6.54 Å². The van der Waals surface area contributed by atoms with Gasteiger partial charge in [-0.1, -0.05) is 30.3 Å². The Morgan fingerprint density at radius 3 is 2.76 bits per heavy atom. The topological polar surface area (TPSA) is 46.9 Å². The maximum absolute atomic E-state index is 12.3. The van der Waals surface area contributed by atoms with Crippen molar-refractivity contribution in [2.75, 3.05) is 5.32 Å². The van der Waals surface area contributed by atoms with Gasteiger partial charge < -0.3 is 5.32 Å². The highest BCUT2D eigenvalue weighted by Crippen LogP contribution is 2.25. The van der Waals surface area contributed by atoms with E-state index in [2.05, 4.69) is 22.4 Å². The monoisotopic (exact) mass is 391 g/mol.